The molecular formula is C26H42N4O5S. The summed E-state index contributed by atoms with van der Waals surface area (Å²) >= 11 is 0. The van der Waals surface area contributed by atoms with Crippen LogP contribution in [0, 0.1) is 0 Å². The second-order valence-electron chi connectivity index (χ2n) is 9.62. The first-order valence-electron chi connectivity index (χ1n) is 13.3. The fourth-order valence-corrected chi connectivity index (χ4v) is 6.64. The van der Waals surface area contributed by atoms with Gasteiger partial charge in [-0.3, -0.25) is 19.4 Å². The number of sulfonamides is 1. The summed E-state index contributed by atoms with van der Waals surface area (Å²) in [6.07, 6.45) is 7.28. The van der Waals surface area contributed by atoms with Crippen molar-refractivity contribution < 1.29 is 22.7 Å². The Bertz CT molecular complexity index is 1010. The van der Waals surface area contributed by atoms with E-state index < -0.39 is 10.0 Å². The van der Waals surface area contributed by atoms with Gasteiger partial charge in [-0.25, -0.2) is 8.42 Å². The number of amides is 2. The number of nitrogens with one attached hydrogen (secondary N) is 1. The number of carbonyl (C=O) groups is 2. The number of carbonyl (C=O) groups excluding carboxylic acids is 2. The van der Waals surface area contributed by atoms with Gasteiger partial charge >= 0.3 is 0 Å². The second kappa shape index (κ2) is 12.9. The van der Waals surface area contributed by atoms with E-state index in [1.165, 1.54) is 53.4 Å². The van der Waals surface area contributed by atoms with Crippen molar-refractivity contribution in [3.05, 3.63) is 18.2 Å². The van der Waals surface area contributed by atoms with Crippen molar-refractivity contribution in [2.24, 2.45) is 0 Å². The lowest BCUT2D eigenvalue weighted by Gasteiger charge is -2.38. The fourth-order valence-electron chi connectivity index (χ4n) is 5.16. The molecule has 0 saturated heterocycles. The van der Waals surface area contributed by atoms with Crippen LogP contribution < -0.4 is 15.0 Å². The van der Waals surface area contributed by atoms with E-state index in [-0.39, 0.29) is 29.9 Å². The SMILES string of the molecule is CCC(C)N(CCNC(=O)CN1C(=O)COc2ccc(S(=O)(=O)N(CC)CC)cc21)C1CCCCC1. The maximum absolute atomic E-state index is 13.0. The Morgan fingerprint density at radius 3 is 2.50 bits per heavy atom. The molecule has 0 radical (unpaired) electrons. The van der Waals surface area contributed by atoms with Crippen LogP contribution in [0.3, 0.4) is 0 Å². The Morgan fingerprint density at radius 1 is 1.17 bits per heavy atom. The van der Waals surface area contributed by atoms with Crippen LogP contribution in [0.2, 0.25) is 0 Å². The molecule has 9 nitrogen and oxygen atoms in total. The molecule has 0 aromatic heterocycles. The number of anilines is 1. The molecule has 36 heavy (non-hydrogen) atoms. The van der Waals surface area contributed by atoms with E-state index in [1.807, 2.05) is 0 Å². The Labute approximate surface area is 216 Å². The van der Waals surface area contributed by atoms with Crippen LogP contribution in [0.15, 0.2) is 23.1 Å². The van der Waals surface area contributed by atoms with Gasteiger partial charge in [0, 0.05) is 38.3 Å². The lowest BCUT2D eigenvalue weighted by atomic mass is 9.93. The highest BCUT2D eigenvalue weighted by Crippen LogP contribution is 2.35. The van der Waals surface area contributed by atoms with Crippen molar-refractivity contribution in [3.63, 3.8) is 0 Å². The van der Waals surface area contributed by atoms with E-state index in [9.17, 15) is 18.0 Å². The third kappa shape index (κ3) is 6.58. The van der Waals surface area contributed by atoms with Gasteiger partial charge < -0.3 is 10.1 Å². The lowest BCUT2D eigenvalue weighted by Crippen LogP contribution is -2.49. The summed E-state index contributed by atoms with van der Waals surface area (Å²) in [5.41, 5.74) is 0.304. The monoisotopic (exact) mass is 522 g/mol. The van der Waals surface area contributed by atoms with Gasteiger partial charge in [-0.05, 0) is 44.4 Å². The Balaban J connectivity index is 1.68. The second-order valence-corrected chi connectivity index (χ2v) is 11.6. The van der Waals surface area contributed by atoms with Crippen LogP contribution in [0.1, 0.15) is 66.2 Å². The van der Waals surface area contributed by atoms with Crippen LogP contribution in [-0.2, 0) is 19.6 Å². The van der Waals surface area contributed by atoms with Crippen molar-refractivity contribution >= 4 is 27.5 Å². The number of benzene rings is 1. The molecule has 1 heterocycles. The topological polar surface area (TPSA) is 99.3 Å². The van der Waals surface area contributed by atoms with E-state index in [2.05, 4.69) is 24.1 Å². The van der Waals surface area contributed by atoms with E-state index in [4.69, 9.17) is 4.74 Å². The fraction of sp³-hybridized carbons (Fsp3) is 0.692. The van der Waals surface area contributed by atoms with Crippen LogP contribution in [-0.4, -0.2) is 80.9 Å². The Hall–Kier alpha value is -2.17. The van der Waals surface area contributed by atoms with E-state index >= 15 is 0 Å². The molecule has 1 N–H and O–H groups in total. The molecule has 1 saturated carbocycles. The summed E-state index contributed by atoms with van der Waals surface area (Å²) in [4.78, 5) is 29.4. The maximum atomic E-state index is 13.0. The first kappa shape index (κ1) is 28.4. The van der Waals surface area contributed by atoms with E-state index in [1.54, 1.807) is 19.9 Å². The van der Waals surface area contributed by atoms with Gasteiger partial charge in [-0.2, -0.15) is 4.31 Å². The number of hydrogen-bond acceptors (Lipinski definition) is 6. The quantitative estimate of drug-likeness (QED) is 0.453. The highest BCUT2D eigenvalue weighted by atomic mass is 32.2. The van der Waals surface area contributed by atoms with Crippen molar-refractivity contribution in [3.8, 4) is 5.75 Å². The molecular weight excluding hydrogens is 480 g/mol. The molecule has 1 aliphatic carbocycles. The summed E-state index contributed by atoms with van der Waals surface area (Å²) in [5.74, 6) is -0.263. The molecule has 1 fully saturated rings. The number of ether oxygens (including phenoxy) is 1. The third-order valence-corrected chi connectivity index (χ3v) is 9.46. The minimum Gasteiger partial charge on any atom is -0.482 e. The number of nitrogens with zero attached hydrogens (tertiary/aromatic N) is 3. The number of fused-ring (bicyclic) bond motifs is 1. The van der Waals surface area contributed by atoms with Gasteiger partial charge in [0.25, 0.3) is 5.91 Å². The van der Waals surface area contributed by atoms with E-state index in [0.29, 0.717) is 43.2 Å². The molecule has 0 bridgehead atoms. The van der Waals surface area contributed by atoms with Crippen molar-refractivity contribution in [1.82, 2.24) is 14.5 Å². The third-order valence-electron chi connectivity index (χ3n) is 7.41. The van der Waals surface area contributed by atoms with Gasteiger partial charge in [0.05, 0.1) is 10.6 Å². The minimum absolute atomic E-state index is 0.0744. The normalized spacial score (nSPS) is 17.7. The zero-order chi connectivity index (χ0) is 26.3. The molecule has 1 aliphatic heterocycles. The molecule has 2 amide bonds. The number of hydrogen-bond donors (Lipinski definition) is 1. The zero-order valence-electron chi connectivity index (χ0n) is 22.2. The highest BCUT2D eigenvalue weighted by Gasteiger charge is 2.31. The lowest BCUT2D eigenvalue weighted by molar-refractivity contribution is -0.125. The first-order chi connectivity index (χ1) is 17.2. The van der Waals surface area contributed by atoms with Gasteiger partial charge in [-0.1, -0.05) is 40.0 Å². The zero-order valence-corrected chi connectivity index (χ0v) is 23.0. The predicted octanol–water partition coefficient (Wildman–Crippen LogP) is 2.99. The smallest absolute Gasteiger partial charge is 0.265 e. The van der Waals surface area contributed by atoms with Crippen LogP contribution in [0.5, 0.6) is 5.75 Å². The predicted molar refractivity (Wildman–Crippen MR) is 141 cm³/mol. The molecule has 0 spiro atoms. The van der Waals surface area contributed by atoms with Crippen molar-refractivity contribution in [1.29, 1.82) is 0 Å². The van der Waals surface area contributed by atoms with Crippen LogP contribution in [0.4, 0.5) is 5.69 Å². The van der Waals surface area contributed by atoms with Gasteiger partial charge in [0.1, 0.15) is 12.3 Å². The minimum atomic E-state index is -3.72. The average molecular weight is 523 g/mol. The summed E-state index contributed by atoms with van der Waals surface area (Å²) in [6.45, 7) is 9.56. The summed E-state index contributed by atoms with van der Waals surface area (Å²) in [6, 6.07) is 5.47. The maximum Gasteiger partial charge on any atom is 0.265 e. The van der Waals surface area contributed by atoms with Gasteiger partial charge in [-0.15, -0.1) is 0 Å². The molecule has 202 valence electrons. The molecule has 2 aliphatic rings. The summed E-state index contributed by atoms with van der Waals surface area (Å²) < 4.78 is 32.9. The molecule has 1 aromatic rings. The largest absolute Gasteiger partial charge is 0.482 e. The Morgan fingerprint density at radius 2 is 1.86 bits per heavy atom. The van der Waals surface area contributed by atoms with Gasteiger partial charge in [0.2, 0.25) is 15.9 Å². The summed E-state index contributed by atoms with van der Waals surface area (Å²) in [7, 11) is -3.72. The molecule has 3 rings (SSSR count). The molecule has 1 aromatic carbocycles. The van der Waals surface area contributed by atoms with Gasteiger partial charge in [0.15, 0.2) is 6.61 Å². The van der Waals surface area contributed by atoms with Crippen molar-refractivity contribution in [2.45, 2.75) is 83.2 Å². The molecule has 1 unspecified atom stereocenters. The van der Waals surface area contributed by atoms with Crippen molar-refractivity contribution in [2.75, 3.05) is 44.2 Å². The number of rotatable bonds is 12. The average Bonchev–Trinajstić information content (AvgIpc) is 2.88. The molecule has 1 atom stereocenters. The van der Waals surface area contributed by atoms with Crippen LogP contribution >= 0.6 is 0 Å². The van der Waals surface area contributed by atoms with E-state index in [0.717, 1.165) is 13.0 Å². The first-order valence-corrected chi connectivity index (χ1v) is 14.8. The standard InChI is InChI=1S/C26H42N4O5S/c1-5-20(4)29(21-11-9-8-10-12-21)16-15-27-25(31)18-30-23-17-22(36(33,34)28(6-2)7-3)13-14-24(23)35-19-26(30)32/h13-14,17,20-21H,5-12,15-16,18-19H2,1-4H3,(H,27,31). The van der Waals surface area contributed by atoms with Crippen LogP contribution in [0.25, 0.3) is 0 Å². The molecule has 10 heteroatoms. The summed E-state index contributed by atoms with van der Waals surface area (Å²) in [5, 5.41) is 2.97. The Kier molecular flexibility index (Phi) is 10.2. The highest BCUT2D eigenvalue weighted by molar-refractivity contribution is 7.89.